The van der Waals surface area contributed by atoms with Gasteiger partial charge in [0.1, 0.15) is 0 Å². The van der Waals surface area contributed by atoms with Crippen LogP contribution in [-0.2, 0) is 19.6 Å². The van der Waals surface area contributed by atoms with Crippen LogP contribution in [0.2, 0.25) is 0 Å². The molecule has 0 bridgehead atoms. The lowest BCUT2D eigenvalue weighted by molar-refractivity contribution is 0.0827. The molecule has 178 valence electrons. The summed E-state index contributed by atoms with van der Waals surface area (Å²) in [5.74, 6) is 0.800. The van der Waals surface area contributed by atoms with Crippen LogP contribution in [-0.4, -0.2) is 54.9 Å². The van der Waals surface area contributed by atoms with Gasteiger partial charge in [0.15, 0.2) is 5.96 Å². The van der Waals surface area contributed by atoms with Gasteiger partial charge in [0.25, 0.3) is 5.91 Å². The zero-order valence-corrected chi connectivity index (χ0v) is 20.6. The van der Waals surface area contributed by atoms with E-state index in [4.69, 9.17) is 4.99 Å². The lowest BCUT2D eigenvalue weighted by atomic mass is 10.0. The van der Waals surface area contributed by atoms with Gasteiger partial charge in [0.05, 0.1) is 6.54 Å². The van der Waals surface area contributed by atoms with Crippen LogP contribution in [0.4, 0.5) is 0 Å². The van der Waals surface area contributed by atoms with Crippen molar-refractivity contribution in [3.05, 3.63) is 70.8 Å². The minimum atomic E-state index is 0.0107. The van der Waals surface area contributed by atoms with Crippen molar-refractivity contribution in [3.8, 4) is 0 Å². The van der Waals surface area contributed by atoms with Gasteiger partial charge in [0, 0.05) is 45.3 Å². The van der Waals surface area contributed by atoms with Crippen molar-refractivity contribution in [1.82, 2.24) is 20.4 Å². The van der Waals surface area contributed by atoms with Crippen molar-refractivity contribution in [2.75, 3.05) is 27.2 Å². The van der Waals surface area contributed by atoms with Crippen molar-refractivity contribution < 1.29 is 4.79 Å². The maximum atomic E-state index is 12.0. The van der Waals surface area contributed by atoms with Crippen LogP contribution < -0.4 is 10.6 Å². The fourth-order valence-electron chi connectivity index (χ4n) is 4.10. The predicted octanol–water partition coefficient (Wildman–Crippen LogP) is 4.02. The Balaban J connectivity index is 1.53. The van der Waals surface area contributed by atoms with Crippen LogP contribution >= 0.6 is 0 Å². The summed E-state index contributed by atoms with van der Waals surface area (Å²) in [5, 5.41) is 6.74. The van der Waals surface area contributed by atoms with E-state index >= 15 is 0 Å². The van der Waals surface area contributed by atoms with E-state index in [0.29, 0.717) is 18.2 Å². The summed E-state index contributed by atoms with van der Waals surface area (Å²) in [7, 11) is 3.52. The molecular formula is C27H39N5O. The molecule has 2 aromatic rings. The monoisotopic (exact) mass is 449 g/mol. The maximum Gasteiger partial charge on any atom is 0.253 e. The lowest BCUT2D eigenvalue weighted by Gasteiger charge is -2.33. The summed E-state index contributed by atoms with van der Waals surface area (Å²) in [4.78, 5) is 20.9. The van der Waals surface area contributed by atoms with Crippen molar-refractivity contribution in [3.63, 3.8) is 0 Å². The molecule has 0 spiro atoms. The smallest absolute Gasteiger partial charge is 0.253 e. The molecule has 0 radical (unpaired) electrons. The second-order valence-electron chi connectivity index (χ2n) is 9.08. The number of benzene rings is 2. The van der Waals surface area contributed by atoms with E-state index in [1.807, 2.05) is 24.3 Å². The van der Waals surface area contributed by atoms with Gasteiger partial charge < -0.3 is 15.5 Å². The fourth-order valence-corrected chi connectivity index (χ4v) is 4.10. The molecule has 1 amide bonds. The zero-order valence-electron chi connectivity index (χ0n) is 20.6. The third kappa shape index (κ3) is 7.60. The normalized spacial score (nSPS) is 17.0. The molecule has 3 rings (SSSR count). The molecule has 0 aliphatic carbocycles. The topological polar surface area (TPSA) is 60.0 Å². The number of carbonyl (C=O) groups is 1. The molecule has 1 aliphatic heterocycles. The van der Waals surface area contributed by atoms with E-state index in [1.165, 1.54) is 36.9 Å². The molecular weight excluding hydrogens is 410 g/mol. The molecule has 2 aromatic carbocycles. The molecule has 6 heteroatoms. The number of guanidine groups is 1. The van der Waals surface area contributed by atoms with Gasteiger partial charge in [0.2, 0.25) is 0 Å². The number of hydrogen-bond donors (Lipinski definition) is 2. The van der Waals surface area contributed by atoms with Crippen LogP contribution in [0, 0.1) is 0 Å². The van der Waals surface area contributed by atoms with Crippen LogP contribution in [0.3, 0.4) is 0 Å². The average molecular weight is 450 g/mol. The highest BCUT2D eigenvalue weighted by atomic mass is 16.2. The number of carbonyl (C=O) groups excluding carboxylic acids is 1. The highest BCUT2D eigenvalue weighted by molar-refractivity contribution is 5.93. The first kappa shape index (κ1) is 24.8. The van der Waals surface area contributed by atoms with Crippen molar-refractivity contribution >= 4 is 11.9 Å². The van der Waals surface area contributed by atoms with E-state index in [0.717, 1.165) is 31.2 Å². The van der Waals surface area contributed by atoms with Gasteiger partial charge in [-0.3, -0.25) is 9.69 Å². The summed E-state index contributed by atoms with van der Waals surface area (Å²) in [6, 6.07) is 17.3. The van der Waals surface area contributed by atoms with E-state index in [2.05, 4.69) is 53.6 Å². The van der Waals surface area contributed by atoms with E-state index < -0.39 is 0 Å². The molecule has 1 heterocycles. The molecule has 1 atom stereocenters. The molecule has 1 unspecified atom stereocenters. The summed E-state index contributed by atoms with van der Waals surface area (Å²) in [6.07, 6.45) is 3.99. The largest absolute Gasteiger partial charge is 0.357 e. The van der Waals surface area contributed by atoms with Gasteiger partial charge in [-0.25, -0.2) is 4.99 Å². The number of aliphatic imine (C=N–C) groups is 1. The number of likely N-dealkylation sites (tertiary alicyclic amines) is 1. The van der Waals surface area contributed by atoms with E-state index in [9.17, 15) is 4.79 Å². The molecule has 1 aliphatic rings. The number of amides is 1. The highest BCUT2D eigenvalue weighted by Gasteiger charge is 2.17. The molecule has 1 fully saturated rings. The second kappa shape index (κ2) is 12.4. The minimum Gasteiger partial charge on any atom is -0.357 e. The van der Waals surface area contributed by atoms with Crippen LogP contribution in [0.15, 0.2) is 53.5 Å². The zero-order chi connectivity index (χ0) is 23.6. The average Bonchev–Trinajstić information content (AvgIpc) is 2.83. The summed E-state index contributed by atoms with van der Waals surface area (Å²) >= 11 is 0. The highest BCUT2D eigenvalue weighted by Crippen LogP contribution is 2.19. The predicted molar refractivity (Wildman–Crippen MR) is 136 cm³/mol. The molecule has 1 saturated heterocycles. The third-order valence-corrected chi connectivity index (χ3v) is 6.18. The van der Waals surface area contributed by atoms with Crippen molar-refractivity contribution in [2.45, 2.75) is 58.8 Å². The van der Waals surface area contributed by atoms with Crippen molar-refractivity contribution in [2.24, 2.45) is 4.99 Å². The van der Waals surface area contributed by atoms with Gasteiger partial charge in [-0.15, -0.1) is 0 Å². The summed E-state index contributed by atoms with van der Waals surface area (Å²) in [5.41, 5.74) is 4.38. The van der Waals surface area contributed by atoms with Crippen LogP contribution in [0.5, 0.6) is 0 Å². The standard InChI is InChI=1S/C27H39N5O/c1-5-28-27(30-19-23-13-15-25(16-14-23)26(33)31(3)4)29-18-22-9-11-24(12-10-22)20-32-17-7-6-8-21(32)2/h9-16,21H,5-8,17-20H2,1-4H3,(H2,28,29,30). The van der Waals surface area contributed by atoms with Crippen molar-refractivity contribution in [1.29, 1.82) is 0 Å². The first-order valence-electron chi connectivity index (χ1n) is 12.1. The number of piperidine rings is 1. The molecule has 0 saturated carbocycles. The Hall–Kier alpha value is -2.86. The third-order valence-electron chi connectivity index (χ3n) is 6.18. The van der Waals surface area contributed by atoms with Gasteiger partial charge in [-0.1, -0.05) is 42.8 Å². The first-order chi connectivity index (χ1) is 16.0. The first-order valence-corrected chi connectivity index (χ1v) is 12.1. The lowest BCUT2D eigenvalue weighted by Crippen LogP contribution is -2.37. The summed E-state index contributed by atoms with van der Waals surface area (Å²) in [6.45, 7) is 8.74. The number of nitrogens with zero attached hydrogens (tertiary/aromatic N) is 3. The Morgan fingerprint density at radius 1 is 1.00 bits per heavy atom. The van der Waals surface area contributed by atoms with Crippen LogP contribution in [0.1, 0.15) is 60.2 Å². The molecule has 0 aromatic heterocycles. The Morgan fingerprint density at radius 3 is 2.30 bits per heavy atom. The molecule has 6 nitrogen and oxygen atoms in total. The molecule has 2 N–H and O–H groups in total. The van der Waals surface area contributed by atoms with Crippen LogP contribution in [0.25, 0.3) is 0 Å². The number of nitrogens with one attached hydrogen (secondary N) is 2. The maximum absolute atomic E-state index is 12.0. The minimum absolute atomic E-state index is 0.0107. The van der Waals surface area contributed by atoms with Gasteiger partial charge in [-0.2, -0.15) is 0 Å². The number of rotatable bonds is 8. The Morgan fingerprint density at radius 2 is 1.67 bits per heavy atom. The quantitative estimate of drug-likeness (QED) is 0.472. The molecule has 33 heavy (non-hydrogen) atoms. The van der Waals surface area contributed by atoms with Gasteiger partial charge in [-0.05, 0) is 62.1 Å². The Kier molecular flexibility index (Phi) is 9.31. The van der Waals surface area contributed by atoms with Gasteiger partial charge >= 0.3 is 0 Å². The Labute approximate surface area is 199 Å². The summed E-state index contributed by atoms with van der Waals surface area (Å²) < 4.78 is 0. The van der Waals surface area contributed by atoms with E-state index in [-0.39, 0.29) is 5.91 Å². The Bertz CT molecular complexity index is 905. The van der Waals surface area contributed by atoms with E-state index in [1.54, 1.807) is 19.0 Å². The fraction of sp³-hybridized carbons (Fsp3) is 0.481. The number of hydrogen-bond acceptors (Lipinski definition) is 3. The second-order valence-corrected chi connectivity index (χ2v) is 9.08. The SMILES string of the molecule is CCNC(=NCc1ccc(C(=O)N(C)C)cc1)NCc1ccc(CN2CCCCC2C)cc1.